The highest BCUT2D eigenvalue weighted by Gasteiger charge is 2.46. The summed E-state index contributed by atoms with van der Waals surface area (Å²) in [6.07, 6.45) is -2.42. The number of rotatable bonds is 4. The van der Waals surface area contributed by atoms with Crippen LogP contribution in [0, 0.1) is 11.8 Å². The molecule has 9 atom stereocenters. The van der Waals surface area contributed by atoms with Crippen molar-refractivity contribution < 1.29 is 44.5 Å². The van der Waals surface area contributed by atoms with E-state index in [0.717, 1.165) is 11.1 Å². The number of carbonyl (C=O) groups excluding carboxylic acids is 1. The number of carbonyl (C=O) groups is 1. The highest BCUT2D eigenvalue weighted by atomic mass is 16.7. The van der Waals surface area contributed by atoms with Crippen molar-refractivity contribution >= 4 is 5.97 Å². The van der Waals surface area contributed by atoms with E-state index >= 15 is 0 Å². The van der Waals surface area contributed by atoms with Gasteiger partial charge in [0.1, 0.15) is 30.5 Å². The van der Waals surface area contributed by atoms with Gasteiger partial charge < -0.3 is 39.7 Å². The zero-order chi connectivity index (χ0) is 22.0. The average molecular weight is 428 g/mol. The molecule has 0 saturated carbocycles. The smallest absolute Gasteiger partial charge is 0.309 e. The fourth-order valence-electron chi connectivity index (χ4n) is 4.34. The van der Waals surface area contributed by atoms with Crippen LogP contribution in [-0.4, -0.2) is 87.6 Å². The molecule has 1 aliphatic carbocycles. The van der Waals surface area contributed by atoms with E-state index in [4.69, 9.17) is 14.2 Å². The number of aliphatic hydroxyl groups is 5. The topological polar surface area (TPSA) is 146 Å². The third kappa shape index (κ3) is 4.94. The number of aliphatic hydroxyl groups excluding tert-OH is 5. The number of allylic oxidation sites excluding steroid dienone is 1. The monoisotopic (exact) mass is 428 g/mol. The third-order valence-electron chi connectivity index (χ3n) is 6.20. The molecule has 0 aromatic carbocycles. The highest BCUT2D eigenvalue weighted by molar-refractivity contribution is 5.75. The van der Waals surface area contributed by atoms with Crippen LogP contribution in [-0.2, 0) is 19.0 Å². The van der Waals surface area contributed by atoms with Gasteiger partial charge in [0, 0.05) is 5.92 Å². The van der Waals surface area contributed by atoms with Crippen LogP contribution in [0.2, 0.25) is 0 Å². The lowest BCUT2D eigenvalue weighted by Gasteiger charge is -2.39. The molecule has 1 unspecified atom stereocenters. The summed E-state index contributed by atoms with van der Waals surface area (Å²) in [5.74, 6) is -1.15. The second-order valence-electron chi connectivity index (χ2n) is 8.46. The summed E-state index contributed by atoms with van der Waals surface area (Å²) in [6, 6.07) is 0. The van der Waals surface area contributed by atoms with Gasteiger partial charge in [-0.25, -0.2) is 0 Å². The van der Waals surface area contributed by atoms with Crippen molar-refractivity contribution in [2.45, 2.75) is 76.0 Å². The second kappa shape index (κ2) is 9.86. The van der Waals surface area contributed by atoms with Crippen molar-refractivity contribution in [3.8, 4) is 0 Å². The zero-order valence-electron chi connectivity index (χ0n) is 17.3. The van der Waals surface area contributed by atoms with Gasteiger partial charge in [-0.15, -0.1) is 0 Å². The molecular formula is C21H32O9. The maximum Gasteiger partial charge on any atom is 0.309 e. The van der Waals surface area contributed by atoms with E-state index in [9.17, 15) is 30.3 Å². The van der Waals surface area contributed by atoms with E-state index in [0.29, 0.717) is 19.3 Å². The van der Waals surface area contributed by atoms with Gasteiger partial charge >= 0.3 is 5.97 Å². The van der Waals surface area contributed by atoms with Crippen molar-refractivity contribution in [2.75, 3.05) is 13.2 Å². The third-order valence-corrected chi connectivity index (χ3v) is 6.20. The molecule has 2 fully saturated rings. The van der Waals surface area contributed by atoms with Crippen LogP contribution in [0.3, 0.4) is 0 Å². The molecule has 3 rings (SSSR count). The summed E-state index contributed by atoms with van der Waals surface area (Å²) in [6.45, 7) is 3.18. The van der Waals surface area contributed by atoms with E-state index in [1.165, 1.54) is 0 Å². The predicted molar refractivity (Wildman–Crippen MR) is 104 cm³/mol. The van der Waals surface area contributed by atoms with Crippen molar-refractivity contribution in [1.82, 2.24) is 0 Å². The van der Waals surface area contributed by atoms with E-state index in [-0.39, 0.29) is 18.5 Å². The fraction of sp³-hybridized carbons (Fsp3) is 0.762. The molecule has 0 amide bonds. The van der Waals surface area contributed by atoms with Crippen LogP contribution in [0.15, 0.2) is 23.3 Å². The quantitative estimate of drug-likeness (QED) is 0.293. The molecule has 3 aliphatic rings. The van der Waals surface area contributed by atoms with Crippen molar-refractivity contribution in [2.24, 2.45) is 11.8 Å². The van der Waals surface area contributed by atoms with Crippen LogP contribution < -0.4 is 0 Å². The lowest BCUT2D eigenvalue weighted by Crippen LogP contribution is -2.59. The van der Waals surface area contributed by atoms with Gasteiger partial charge in [-0.05, 0) is 37.8 Å². The van der Waals surface area contributed by atoms with Crippen LogP contribution in [0.5, 0.6) is 0 Å². The normalized spacial score (nSPS) is 46.2. The first-order valence-corrected chi connectivity index (χ1v) is 10.4. The summed E-state index contributed by atoms with van der Waals surface area (Å²) < 4.78 is 16.5. The number of esters is 1. The lowest BCUT2D eigenvalue weighted by atomic mass is 9.82. The second-order valence-corrected chi connectivity index (χ2v) is 8.46. The molecule has 0 bridgehead atoms. The number of ether oxygens (including phenoxy) is 3. The van der Waals surface area contributed by atoms with Crippen LogP contribution in [0.4, 0.5) is 0 Å². The van der Waals surface area contributed by atoms with Crippen LogP contribution >= 0.6 is 0 Å². The van der Waals surface area contributed by atoms with Crippen molar-refractivity contribution in [3.05, 3.63) is 23.3 Å². The summed E-state index contributed by atoms with van der Waals surface area (Å²) in [5, 5.41) is 49.9. The van der Waals surface area contributed by atoms with Gasteiger partial charge in [-0.3, -0.25) is 4.79 Å². The van der Waals surface area contributed by atoms with Gasteiger partial charge in [0.2, 0.25) is 0 Å². The van der Waals surface area contributed by atoms with Crippen LogP contribution in [0.1, 0.15) is 33.1 Å². The molecule has 30 heavy (non-hydrogen) atoms. The Kier molecular flexibility index (Phi) is 7.67. The largest absolute Gasteiger partial charge is 0.457 e. The summed E-state index contributed by atoms with van der Waals surface area (Å²) in [4.78, 5) is 12.1. The van der Waals surface area contributed by atoms with Crippen molar-refractivity contribution in [3.63, 3.8) is 0 Å². The Balaban J connectivity index is 1.75. The maximum absolute atomic E-state index is 12.1. The van der Waals surface area contributed by atoms with Gasteiger partial charge in [0.15, 0.2) is 6.29 Å². The van der Waals surface area contributed by atoms with Crippen molar-refractivity contribution in [1.29, 1.82) is 0 Å². The van der Waals surface area contributed by atoms with E-state index in [1.54, 1.807) is 13.0 Å². The SMILES string of the molecule is C/C1=C\CC/C(CO[C@@H]2O[C@H](CO)[C@@H](O)[C@H](O)[C@H]2O)=C/[C@H]2OC(=O)C(C)[C@@H]2[C@@H](O)C1. The van der Waals surface area contributed by atoms with Crippen LogP contribution in [0.25, 0.3) is 0 Å². The minimum Gasteiger partial charge on any atom is -0.457 e. The molecule has 2 aliphatic heterocycles. The first-order valence-electron chi connectivity index (χ1n) is 10.4. The number of fused-ring (bicyclic) bond motifs is 1. The molecular weight excluding hydrogens is 396 g/mol. The first-order chi connectivity index (χ1) is 14.2. The first kappa shape index (κ1) is 23.3. The molecule has 2 saturated heterocycles. The summed E-state index contributed by atoms with van der Waals surface area (Å²) in [5.41, 5.74) is 1.82. The number of hydrogen-bond acceptors (Lipinski definition) is 9. The molecule has 0 spiro atoms. The molecule has 0 aromatic heterocycles. The summed E-state index contributed by atoms with van der Waals surface area (Å²) in [7, 11) is 0. The Hall–Kier alpha value is -1.33. The van der Waals surface area contributed by atoms with E-state index < -0.39 is 55.4 Å². The Morgan fingerprint density at radius 2 is 1.90 bits per heavy atom. The standard InChI is InChI=1S/C21H32O9/c1-10-4-3-5-12(7-14-16(13(23)6-10)11(2)20(27)29-14)9-28-21-19(26)18(25)17(24)15(8-22)30-21/h4,7,11,13-19,21-26H,3,5-6,8-9H2,1-2H3/b10-4+,12-7-/t11?,13-,14+,15+,16+,17+,18-,19+,21+/m0/s1. The molecule has 0 aromatic rings. The maximum atomic E-state index is 12.1. The fourth-order valence-corrected chi connectivity index (χ4v) is 4.34. The van der Waals surface area contributed by atoms with Gasteiger partial charge in [-0.2, -0.15) is 0 Å². The van der Waals surface area contributed by atoms with Gasteiger partial charge in [0.25, 0.3) is 0 Å². The molecule has 0 radical (unpaired) electrons. The Labute approximate surface area is 175 Å². The van der Waals surface area contributed by atoms with Gasteiger partial charge in [-0.1, -0.05) is 18.6 Å². The molecule has 2 heterocycles. The average Bonchev–Trinajstić information content (AvgIpc) is 2.98. The molecule has 5 N–H and O–H groups in total. The van der Waals surface area contributed by atoms with Gasteiger partial charge in [0.05, 0.1) is 25.2 Å². The lowest BCUT2D eigenvalue weighted by molar-refractivity contribution is -0.299. The minimum atomic E-state index is -1.51. The van der Waals surface area contributed by atoms with E-state index in [1.807, 2.05) is 13.0 Å². The molecule has 9 nitrogen and oxygen atoms in total. The summed E-state index contributed by atoms with van der Waals surface area (Å²) >= 11 is 0. The minimum absolute atomic E-state index is 0.0286. The highest BCUT2D eigenvalue weighted by Crippen LogP contribution is 2.35. The number of hydrogen-bond donors (Lipinski definition) is 5. The molecule has 9 heteroatoms. The molecule has 170 valence electrons. The van der Waals surface area contributed by atoms with E-state index in [2.05, 4.69) is 0 Å². The Morgan fingerprint density at radius 1 is 1.17 bits per heavy atom. The Bertz CT molecular complexity index is 673. The Morgan fingerprint density at radius 3 is 2.60 bits per heavy atom. The predicted octanol–water partition coefficient (Wildman–Crippen LogP) is -0.602. The zero-order valence-corrected chi connectivity index (χ0v) is 17.3.